The first-order valence-corrected chi connectivity index (χ1v) is 10.0. The van der Waals surface area contributed by atoms with Crippen molar-refractivity contribution < 1.29 is 9.59 Å². The molecular weight excluding hydrogens is 354 g/mol. The summed E-state index contributed by atoms with van der Waals surface area (Å²) in [4.78, 5) is 32.9. The molecule has 2 aliphatic heterocycles. The molecule has 2 fully saturated rings. The van der Waals surface area contributed by atoms with E-state index in [-0.39, 0.29) is 11.8 Å². The zero-order valence-corrected chi connectivity index (χ0v) is 17.0. The zero-order valence-electron chi connectivity index (χ0n) is 17.0. The Bertz CT molecular complexity index is 882. The van der Waals surface area contributed by atoms with Gasteiger partial charge in [0.25, 0.3) is 5.91 Å². The standard InChI is InChI=1S/C21H29N5O2/c1-16(27)23-10-12-24(13-11-23)20-7-6-18-5-4-17(14-26(18)20)21(28)25-9-8-19(15-25)22(2)3/h4-7,14,19H,8-13,15H2,1-3H3/t19-/m0/s1. The fourth-order valence-corrected chi connectivity index (χ4v) is 4.25. The van der Waals surface area contributed by atoms with Crippen LogP contribution in [-0.2, 0) is 4.79 Å². The second-order valence-electron chi connectivity index (χ2n) is 8.05. The number of rotatable bonds is 3. The van der Waals surface area contributed by atoms with E-state index in [1.807, 2.05) is 28.1 Å². The van der Waals surface area contributed by atoms with Gasteiger partial charge in [-0.15, -0.1) is 0 Å². The fraction of sp³-hybridized carbons (Fsp3) is 0.524. The molecule has 0 radical (unpaired) electrons. The Kier molecular flexibility index (Phi) is 5.02. The molecule has 150 valence electrons. The van der Waals surface area contributed by atoms with Crippen molar-refractivity contribution in [3.05, 3.63) is 36.0 Å². The van der Waals surface area contributed by atoms with Gasteiger partial charge in [-0.05, 0) is 44.8 Å². The second kappa shape index (κ2) is 7.47. The highest BCUT2D eigenvalue weighted by atomic mass is 16.2. The maximum absolute atomic E-state index is 13.0. The number of amides is 2. The Morgan fingerprint density at radius 2 is 1.68 bits per heavy atom. The van der Waals surface area contributed by atoms with Gasteiger partial charge in [0.15, 0.2) is 0 Å². The van der Waals surface area contributed by atoms with E-state index in [4.69, 9.17) is 0 Å². The molecule has 0 N–H and O–H groups in total. The minimum atomic E-state index is 0.104. The summed E-state index contributed by atoms with van der Waals surface area (Å²) in [5.74, 6) is 1.32. The summed E-state index contributed by atoms with van der Waals surface area (Å²) >= 11 is 0. The highest BCUT2D eigenvalue weighted by Gasteiger charge is 2.28. The first-order chi connectivity index (χ1) is 13.4. The molecule has 2 saturated heterocycles. The molecule has 7 heteroatoms. The molecule has 2 aromatic rings. The molecule has 2 aliphatic rings. The highest BCUT2D eigenvalue weighted by molar-refractivity contribution is 5.94. The van der Waals surface area contributed by atoms with Gasteiger partial charge in [0.05, 0.1) is 5.56 Å². The average molecular weight is 383 g/mol. The number of likely N-dealkylation sites (tertiary alicyclic amines) is 1. The molecule has 4 rings (SSSR count). The average Bonchev–Trinajstić information content (AvgIpc) is 3.34. The van der Waals surface area contributed by atoms with Gasteiger partial charge in [0.2, 0.25) is 5.91 Å². The Morgan fingerprint density at radius 3 is 2.32 bits per heavy atom. The Labute approximate surface area is 166 Å². The summed E-state index contributed by atoms with van der Waals surface area (Å²) in [5.41, 5.74) is 1.81. The summed E-state index contributed by atoms with van der Waals surface area (Å²) in [6, 6.07) is 8.57. The van der Waals surface area contributed by atoms with E-state index in [0.717, 1.165) is 62.6 Å². The Balaban J connectivity index is 1.54. The number of carbonyl (C=O) groups is 2. The van der Waals surface area contributed by atoms with E-state index in [0.29, 0.717) is 6.04 Å². The second-order valence-corrected chi connectivity index (χ2v) is 8.05. The summed E-state index contributed by atoms with van der Waals surface area (Å²) in [5, 5.41) is 0. The first-order valence-electron chi connectivity index (χ1n) is 10.0. The van der Waals surface area contributed by atoms with Gasteiger partial charge in [0, 0.05) is 63.9 Å². The Morgan fingerprint density at radius 1 is 0.964 bits per heavy atom. The first kappa shape index (κ1) is 18.8. The van der Waals surface area contributed by atoms with Gasteiger partial charge < -0.3 is 24.0 Å². The minimum absolute atomic E-state index is 0.104. The number of piperazine rings is 1. The predicted octanol–water partition coefficient (Wildman–Crippen LogP) is 1.38. The summed E-state index contributed by atoms with van der Waals surface area (Å²) in [6.07, 6.45) is 2.99. The van der Waals surface area contributed by atoms with Crippen LogP contribution in [0.1, 0.15) is 23.7 Å². The van der Waals surface area contributed by atoms with Crippen LogP contribution in [0.2, 0.25) is 0 Å². The third-order valence-electron chi connectivity index (χ3n) is 6.11. The van der Waals surface area contributed by atoms with E-state index in [9.17, 15) is 9.59 Å². The smallest absolute Gasteiger partial charge is 0.255 e. The van der Waals surface area contributed by atoms with Gasteiger partial charge >= 0.3 is 0 Å². The van der Waals surface area contributed by atoms with E-state index in [1.165, 1.54) is 0 Å². The quantitative estimate of drug-likeness (QED) is 0.804. The van der Waals surface area contributed by atoms with Crippen molar-refractivity contribution in [3.63, 3.8) is 0 Å². The lowest BCUT2D eigenvalue weighted by Gasteiger charge is -2.35. The largest absolute Gasteiger partial charge is 0.354 e. The van der Waals surface area contributed by atoms with Crippen LogP contribution in [0.25, 0.3) is 5.52 Å². The van der Waals surface area contributed by atoms with Crippen molar-refractivity contribution in [1.29, 1.82) is 0 Å². The van der Waals surface area contributed by atoms with Crippen molar-refractivity contribution in [2.75, 3.05) is 58.3 Å². The van der Waals surface area contributed by atoms with Crippen molar-refractivity contribution in [2.45, 2.75) is 19.4 Å². The Hall–Kier alpha value is -2.54. The molecule has 2 amide bonds. The number of nitrogens with zero attached hydrogens (tertiary/aromatic N) is 5. The molecule has 0 bridgehead atoms. The van der Waals surface area contributed by atoms with Gasteiger partial charge in [0.1, 0.15) is 5.82 Å². The van der Waals surface area contributed by atoms with Crippen LogP contribution in [0.4, 0.5) is 5.82 Å². The predicted molar refractivity (Wildman–Crippen MR) is 110 cm³/mol. The minimum Gasteiger partial charge on any atom is -0.354 e. The maximum Gasteiger partial charge on any atom is 0.255 e. The number of hydrogen-bond acceptors (Lipinski definition) is 4. The topological polar surface area (TPSA) is 51.5 Å². The number of fused-ring (bicyclic) bond motifs is 1. The number of anilines is 1. The van der Waals surface area contributed by atoms with Gasteiger partial charge in [-0.1, -0.05) is 0 Å². The lowest BCUT2D eigenvalue weighted by molar-refractivity contribution is -0.129. The zero-order chi connectivity index (χ0) is 19.8. The maximum atomic E-state index is 13.0. The number of pyridine rings is 1. The van der Waals surface area contributed by atoms with Crippen LogP contribution >= 0.6 is 0 Å². The van der Waals surface area contributed by atoms with E-state index in [2.05, 4.69) is 40.4 Å². The van der Waals surface area contributed by atoms with E-state index >= 15 is 0 Å². The number of likely N-dealkylation sites (N-methyl/N-ethyl adjacent to an activating group) is 1. The van der Waals surface area contributed by atoms with Crippen LogP contribution in [0.15, 0.2) is 30.5 Å². The third-order valence-corrected chi connectivity index (χ3v) is 6.11. The van der Waals surface area contributed by atoms with E-state index in [1.54, 1.807) is 6.92 Å². The summed E-state index contributed by atoms with van der Waals surface area (Å²) in [6.45, 7) is 6.31. The molecule has 1 atom stereocenters. The number of hydrogen-bond donors (Lipinski definition) is 0. The van der Waals surface area contributed by atoms with Gasteiger partial charge in [-0.3, -0.25) is 9.59 Å². The van der Waals surface area contributed by atoms with Gasteiger partial charge in [-0.25, -0.2) is 0 Å². The number of aromatic nitrogens is 1. The molecule has 2 aromatic heterocycles. The highest BCUT2D eigenvalue weighted by Crippen LogP contribution is 2.23. The molecular formula is C21H29N5O2. The molecule has 28 heavy (non-hydrogen) atoms. The number of carbonyl (C=O) groups excluding carboxylic acids is 2. The van der Waals surface area contributed by atoms with Crippen LogP contribution in [0.3, 0.4) is 0 Å². The van der Waals surface area contributed by atoms with Crippen LogP contribution < -0.4 is 4.90 Å². The van der Waals surface area contributed by atoms with Crippen LogP contribution in [-0.4, -0.2) is 90.3 Å². The van der Waals surface area contributed by atoms with Crippen molar-refractivity contribution in [3.8, 4) is 0 Å². The third kappa shape index (κ3) is 3.46. The van der Waals surface area contributed by atoms with E-state index < -0.39 is 0 Å². The molecule has 7 nitrogen and oxygen atoms in total. The van der Waals surface area contributed by atoms with Crippen molar-refractivity contribution in [2.24, 2.45) is 0 Å². The SMILES string of the molecule is CC(=O)N1CCN(c2ccc3ccc(C(=O)N4CC[C@H](N(C)C)C4)cn23)CC1. The lowest BCUT2D eigenvalue weighted by Crippen LogP contribution is -2.48. The van der Waals surface area contributed by atoms with Crippen molar-refractivity contribution >= 4 is 23.1 Å². The molecule has 4 heterocycles. The summed E-state index contributed by atoms with van der Waals surface area (Å²) < 4.78 is 2.11. The lowest BCUT2D eigenvalue weighted by atomic mass is 10.2. The monoisotopic (exact) mass is 383 g/mol. The van der Waals surface area contributed by atoms with Crippen LogP contribution in [0, 0.1) is 0 Å². The molecule has 0 aromatic carbocycles. The fourth-order valence-electron chi connectivity index (χ4n) is 4.25. The summed E-state index contributed by atoms with van der Waals surface area (Å²) in [7, 11) is 4.14. The van der Waals surface area contributed by atoms with Crippen LogP contribution in [0.5, 0.6) is 0 Å². The van der Waals surface area contributed by atoms with Gasteiger partial charge in [-0.2, -0.15) is 0 Å². The molecule has 0 saturated carbocycles. The van der Waals surface area contributed by atoms with Crippen molar-refractivity contribution in [1.82, 2.24) is 19.1 Å². The molecule has 0 aliphatic carbocycles. The molecule has 0 unspecified atom stereocenters. The normalized spacial score (nSPS) is 20.4. The molecule has 0 spiro atoms.